The second-order valence-electron chi connectivity index (χ2n) is 5.23. The van der Waals surface area contributed by atoms with Crippen LogP contribution in [0, 0.1) is 11.3 Å². The fourth-order valence-corrected chi connectivity index (χ4v) is 3.02. The topological polar surface area (TPSA) is 75.0 Å². The smallest absolute Gasteiger partial charge is 0.251 e. The van der Waals surface area contributed by atoms with Crippen molar-refractivity contribution >= 4 is 17.2 Å². The van der Waals surface area contributed by atoms with Gasteiger partial charge in [-0.25, -0.2) is 4.98 Å². The van der Waals surface area contributed by atoms with E-state index in [4.69, 9.17) is 10.00 Å². The van der Waals surface area contributed by atoms with Crippen LogP contribution in [-0.2, 0) is 6.54 Å². The van der Waals surface area contributed by atoms with E-state index in [1.807, 2.05) is 35.7 Å². The molecule has 1 amide bonds. The zero-order valence-corrected chi connectivity index (χ0v) is 14.3. The second-order valence-corrected chi connectivity index (χ2v) is 6.17. The maximum Gasteiger partial charge on any atom is 0.251 e. The van der Waals surface area contributed by atoms with Crippen molar-refractivity contribution in [2.75, 3.05) is 7.11 Å². The van der Waals surface area contributed by atoms with Crippen LogP contribution in [0.1, 0.15) is 20.9 Å². The number of carbonyl (C=O) groups is 1. The van der Waals surface area contributed by atoms with E-state index in [-0.39, 0.29) is 5.91 Å². The van der Waals surface area contributed by atoms with Gasteiger partial charge in [0.25, 0.3) is 5.91 Å². The average Bonchev–Trinajstić information content (AvgIpc) is 3.15. The van der Waals surface area contributed by atoms with Crippen molar-refractivity contribution in [2.24, 2.45) is 0 Å². The molecular formula is C19H15N3O2S. The molecule has 0 aliphatic carbocycles. The summed E-state index contributed by atoms with van der Waals surface area (Å²) in [6.45, 7) is 0.344. The normalized spacial score (nSPS) is 10.1. The number of rotatable bonds is 5. The van der Waals surface area contributed by atoms with Gasteiger partial charge in [-0.2, -0.15) is 5.26 Å². The van der Waals surface area contributed by atoms with Gasteiger partial charge in [-0.1, -0.05) is 6.07 Å². The van der Waals surface area contributed by atoms with Crippen molar-refractivity contribution in [1.29, 1.82) is 5.26 Å². The monoisotopic (exact) mass is 349 g/mol. The molecule has 1 heterocycles. The van der Waals surface area contributed by atoms with Gasteiger partial charge in [-0.3, -0.25) is 4.79 Å². The van der Waals surface area contributed by atoms with Gasteiger partial charge in [0.1, 0.15) is 10.8 Å². The molecule has 0 radical (unpaired) electrons. The Bertz CT molecular complexity index is 926. The highest BCUT2D eigenvalue weighted by Gasteiger charge is 2.09. The van der Waals surface area contributed by atoms with Gasteiger partial charge in [0.2, 0.25) is 0 Å². The Morgan fingerprint density at radius 2 is 2.08 bits per heavy atom. The SMILES string of the molecule is COc1ccc(-c2csc(CNC(=O)c3cccc(C#N)c3)n2)cc1. The minimum absolute atomic E-state index is 0.224. The van der Waals surface area contributed by atoms with E-state index in [0.29, 0.717) is 17.7 Å². The highest BCUT2D eigenvalue weighted by Crippen LogP contribution is 2.24. The Labute approximate surface area is 149 Å². The van der Waals surface area contributed by atoms with E-state index < -0.39 is 0 Å². The lowest BCUT2D eigenvalue weighted by Gasteiger charge is -2.03. The van der Waals surface area contributed by atoms with Gasteiger partial charge in [-0.15, -0.1) is 11.3 Å². The molecule has 5 nitrogen and oxygen atoms in total. The van der Waals surface area contributed by atoms with Gasteiger partial charge in [0.15, 0.2) is 0 Å². The minimum atomic E-state index is -0.224. The predicted molar refractivity (Wildman–Crippen MR) is 96.4 cm³/mol. The zero-order valence-electron chi connectivity index (χ0n) is 13.5. The molecule has 1 N–H and O–H groups in total. The number of aromatic nitrogens is 1. The summed E-state index contributed by atoms with van der Waals surface area (Å²) in [4.78, 5) is 16.7. The van der Waals surface area contributed by atoms with Crippen LogP contribution >= 0.6 is 11.3 Å². The third-order valence-electron chi connectivity index (χ3n) is 3.59. The summed E-state index contributed by atoms with van der Waals surface area (Å²) < 4.78 is 5.15. The maximum absolute atomic E-state index is 12.2. The standard InChI is InChI=1S/C19H15N3O2S/c1-24-16-7-5-14(6-8-16)17-12-25-18(22-17)11-21-19(23)15-4-2-3-13(9-15)10-20/h2-9,12H,11H2,1H3,(H,21,23). The Morgan fingerprint density at radius 3 is 2.80 bits per heavy atom. The molecule has 3 aromatic rings. The summed E-state index contributed by atoms with van der Waals surface area (Å²) in [6.07, 6.45) is 0. The number of nitrogens with zero attached hydrogens (tertiary/aromatic N) is 2. The summed E-state index contributed by atoms with van der Waals surface area (Å²) >= 11 is 1.49. The minimum Gasteiger partial charge on any atom is -0.497 e. The first-order chi connectivity index (χ1) is 12.2. The number of thiazole rings is 1. The number of ether oxygens (including phenoxy) is 1. The van der Waals surface area contributed by atoms with Crippen molar-refractivity contribution < 1.29 is 9.53 Å². The molecule has 0 aliphatic heterocycles. The number of benzene rings is 2. The number of hydrogen-bond donors (Lipinski definition) is 1. The number of amides is 1. The molecule has 1 aromatic heterocycles. The summed E-state index contributed by atoms with van der Waals surface area (Å²) in [7, 11) is 1.63. The Hall–Kier alpha value is -3.17. The Kier molecular flexibility index (Phi) is 5.07. The third-order valence-corrected chi connectivity index (χ3v) is 4.44. The van der Waals surface area contributed by atoms with E-state index in [1.165, 1.54) is 11.3 Å². The number of methoxy groups -OCH3 is 1. The molecule has 0 atom stereocenters. The van der Waals surface area contributed by atoms with Crippen molar-refractivity contribution in [3.05, 3.63) is 70.0 Å². The molecule has 2 aromatic carbocycles. The Balaban J connectivity index is 1.65. The van der Waals surface area contributed by atoms with Gasteiger partial charge in [-0.05, 0) is 42.5 Å². The Morgan fingerprint density at radius 1 is 1.28 bits per heavy atom. The first-order valence-electron chi connectivity index (χ1n) is 7.57. The summed E-state index contributed by atoms with van der Waals surface area (Å²) in [5.74, 6) is 0.573. The van der Waals surface area contributed by atoms with Crippen molar-refractivity contribution in [1.82, 2.24) is 10.3 Å². The molecule has 0 unspecified atom stereocenters. The average molecular weight is 349 g/mol. The fraction of sp³-hybridized carbons (Fsp3) is 0.105. The lowest BCUT2D eigenvalue weighted by Crippen LogP contribution is -2.22. The highest BCUT2D eigenvalue weighted by molar-refractivity contribution is 7.09. The molecule has 25 heavy (non-hydrogen) atoms. The largest absolute Gasteiger partial charge is 0.497 e. The number of nitrogens with one attached hydrogen (secondary N) is 1. The molecule has 0 saturated heterocycles. The fourth-order valence-electron chi connectivity index (χ4n) is 2.27. The van der Waals surface area contributed by atoms with Crippen LogP contribution in [0.3, 0.4) is 0 Å². The van der Waals surface area contributed by atoms with Crippen LogP contribution in [0.2, 0.25) is 0 Å². The summed E-state index contributed by atoms with van der Waals surface area (Å²) in [5, 5.41) is 14.5. The van der Waals surface area contributed by atoms with E-state index in [1.54, 1.807) is 31.4 Å². The second kappa shape index (κ2) is 7.60. The van der Waals surface area contributed by atoms with Crippen molar-refractivity contribution in [2.45, 2.75) is 6.54 Å². The van der Waals surface area contributed by atoms with Crippen LogP contribution < -0.4 is 10.1 Å². The predicted octanol–water partition coefficient (Wildman–Crippen LogP) is 3.62. The molecule has 0 aliphatic rings. The van der Waals surface area contributed by atoms with Crippen LogP contribution in [0.4, 0.5) is 0 Å². The van der Waals surface area contributed by atoms with Crippen LogP contribution in [0.5, 0.6) is 5.75 Å². The molecule has 0 saturated carbocycles. The lowest BCUT2D eigenvalue weighted by atomic mass is 10.1. The zero-order chi connectivity index (χ0) is 17.6. The van der Waals surface area contributed by atoms with Crippen LogP contribution in [0.15, 0.2) is 53.9 Å². The lowest BCUT2D eigenvalue weighted by molar-refractivity contribution is 0.0951. The molecule has 6 heteroatoms. The third kappa shape index (κ3) is 4.03. The van der Waals surface area contributed by atoms with Gasteiger partial charge in [0.05, 0.1) is 31.0 Å². The van der Waals surface area contributed by atoms with Crippen LogP contribution in [0.25, 0.3) is 11.3 Å². The molecule has 0 fully saturated rings. The first-order valence-corrected chi connectivity index (χ1v) is 8.45. The van der Waals surface area contributed by atoms with E-state index in [9.17, 15) is 4.79 Å². The summed E-state index contributed by atoms with van der Waals surface area (Å²) in [6, 6.07) is 16.3. The van der Waals surface area contributed by atoms with Gasteiger partial charge >= 0.3 is 0 Å². The molecular weight excluding hydrogens is 334 g/mol. The maximum atomic E-state index is 12.2. The quantitative estimate of drug-likeness (QED) is 0.763. The van der Waals surface area contributed by atoms with Gasteiger partial charge in [0, 0.05) is 16.5 Å². The molecule has 3 rings (SSSR count). The van der Waals surface area contributed by atoms with E-state index >= 15 is 0 Å². The highest BCUT2D eigenvalue weighted by atomic mass is 32.1. The first kappa shape index (κ1) is 16.7. The number of hydrogen-bond acceptors (Lipinski definition) is 5. The van der Waals surface area contributed by atoms with E-state index in [2.05, 4.69) is 10.3 Å². The molecule has 124 valence electrons. The summed E-state index contributed by atoms with van der Waals surface area (Å²) in [5.41, 5.74) is 2.79. The van der Waals surface area contributed by atoms with Crippen molar-refractivity contribution in [3.8, 4) is 23.1 Å². The molecule has 0 spiro atoms. The van der Waals surface area contributed by atoms with Gasteiger partial charge < -0.3 is 10.1 Å². The van der Waals surface area contributed by atoms with Crippen LogP contribution in [-0.4, -0.2) is 18.0 Å². The number of nitriles is 1. The molecule has 0 bridgehead atoms. The number of carbonyl (C=O) groups excluding carboxylic acids is 1. The van der Waals surface area contributed by atoms with E-state index in [0.717, 1.165) is 22.0 Å². The van der Waals surface area contributed by atoms with Crippen molar-refractivity contribution in [3.63, 3.8) is 0 Å².